The molecule has 1 heterocycles. The molecule has 2 aromatic carbocycles. The quantitative estimate of drug-likeness (QED) is 0.477. The van der Waals surface area contributed by atoms with Gasteiger partial charge in [0.2, 0.25) is 0 Å². The van der Waals surface area contributed by atoms with Crippen molar-refractivity contribution in [3.8, 4) is 0 Å². The van der Waals surface area contributed by atoms with Crippen molar-refractivity contribution in [2.45, 2.75) is 31.2 Å². The van der Waals surface area contributed by atoms with Crippen molar-refractivity contribution < 1.29 is 23.1 Å². The van der Waals surface area contributed by atoms with Crippen LogP contribution in [0.25, 0.3) is 11.1 Å². The number of hydrogen-bond acceptors (Lipinski definition) is 6. The number of oxazole rings is 1. The predicted octanol–water partition coefficient (Wildman–Crippen LogP) is 3.87. The second kappa shape index (κ2) is 8.88. The van der Waals surface area contributed by atoms with Crippen molar-refractivity contribution in [2.24, 2.45) is 0 Å². The highest BCUT2D eigenvalue weighted by Crippen LogP contribution is 2.23. The van der Waals surface area contributed by atoms with Crippen LogP contribution in [0.1, 0.15) is 25.5 Å². The molecule has 0 radical (unpaired) electrons. The number of rotatable bonds is 7. The standard InChI is InChI=1S/C20H19FN2O4S/c1-12(14-7-9-15(21)10-8-14)22-19(25)13(2)26-18(24)11-28-20-23-16-5-3-4-6-17(16)27-20/h3-10,12-13H,11H2,1-2H3,(H,22,25). The first-order valence-electron chi connectivity index (χ1n) is 8.66. The van der Waals surface area contributed by atoms with E-state index in [9.17, 15) is 14.0 Å². The largest absolute Gasteiger partial charge is 0.452 e. The molecule has 6 nitrogen and oxygen atoms in total. The van der Waals surface area contributed by atoms with Gasteiger partial charge in [0.1, 0.15) is 17.1 Å². The maximum atomic E-state index is 13.0. The zero-order valence-corrected chi connectivity index (χ0v) is 16.2. The Morgan fingerprint density at radius 3 is 2.61 bits per heavy atom. The normalized spacial score (nSPS) is 13.1. The van der Waals surface area contributed by atoms with Crippen LogP contribution in [0.4, 0.5) is 4.39 Å². The van der Waals surface area contributed by atoms with E-state index in [4.69, 9.17) is 9.15 Å². The summed E-state index contributed by atoms with van der Waals surface area (Å²) in [4.78, 5) is 28.5. The Hall–Kier alpha value is -2.87. The molecule has 2 atom stereocenters. The predicted molar refractivity (Wildman–Crippen MR) is 103 cm³/mol. The summed E-state index contributed by atoms with van der Waals surface area (Å²) < 4.78 is 23.7. The van der Waals surface area contributed by atoms with Crippen molar-refractivity contribution in [3.63, 3.8) is 0 Å². The summed E-state index contributed by atoms with van der Waals surface area (Å²) in [6.45, 7) is 3.26. The molecule has 0 saturated heterocycles. The van der Waals surface area contributed by atoms with Gasteiger partial charge in [0.15, 0.2) is 11.7 Å². The lowest BCUT2D eigenvalue weighted by Gasteiger charge is -2.18. The molecule has 3 aromatic rings. The van der Waals surface area contributed by atoms with E-state index in [-0.39, 0.29) is 17.6 Å². The van der Waals surface area contributed by atoms with Gasteiger partial charge in [-0.3, -0.25) is 9.59 Å². The number of ether oxygens (including phenoxy) is 1. The van der Waals surface area contributed by atoms with Crippen LogP contribution in [0.3, 0.4) is 0 Å². The van der Waals surface area contributed by atoms with E-state index in [1.54, 1.807) is 25.1 Å². The van der Waals surface area contributed by atoms with Crippen molar-refractivity contribution in [2.75, 3.05) is 5.75 Å². The topological polar surface area (TPSA) is 81.4 Å². The van der Waals surface area contributed by atoms with Gasteiger partial charge in [-0.25, -0.2) is 9.37 Å². The van der Waals surface area contributed by atoms with Crippen LogP contribution in [-0.2, 0) is 14.3 Å². The second-order valence-corrected chi connectivity index (χ2v) is 7.08. The Labute approximate surface area is 165 Å². The number of benzene rings is 2. The number of amides is 1. The molecule has 1 amide bonds. The zero-order chi connectivity index (χ0) is 20.1. The Bertz CT molecular complexity index is 941. The molecule has 146 valence electrons. The molecule has 0 spiro atoms. The van der Waals surface area contributed by atoms with E-state index in [0.717, 1.165) is 17.3 Å². The van der Waals surface area contributed by atoms with Crippen molar-refractivity contribution in [1.29, 1.82) is 0 Å². The van der Waals surface area contributed by atoms with Crippen LogP contribution in [0.2, 0.25) is 0 Å². The van der Waals surface area contributed by atoms with Crippen LogP contribution in [-0.4, -0.2) is 28.7 Å². The number of hydrogen-bond donors (Lipinski definition) is 1. The third kappa shape index (κ3) is 5.10. The number of carbonyl (C=O) groups excluding carboxylic acids is 2. The number of para-hydroxylation sites is 2. The highest BCUT2D eigenvalue weighted by Gasteiger charge is 2.20. The molecule has 0 aliphatic rings. The number of thioether (sulfide) groups is 1. The van der Waals surface area contributed by atoms with Gasteiger partial charge in [-0.15, -0.1) is 0 Å². The van der Waals surface area contributed by atoms with Crippen molar-refractivity contribution >= 4 is 34.7 Å². The van der Waals surface area contributed by atoms with Gasteiger partial charge in [0.05, 0.1) is 6.04 Å². The molecule has 3 rings (SSSR count). The van der Waals surface area contributed by atoms with Gasteiger partial charge in [-0.05, 0) is 43.7 Å². The average Bonchev–Trinajstić information content (AvgIpc) is 3.09. The summed E-state index contributed by atoms with van der Waals surface area (Å²) in [7, 11) is 0. The fraction of sp³-hybridized carbons (Fsp3) is 0.250. The van der Waals surface area contributed by atoms with Gasteiger partial charge >= 0.3 is 5.97 Å². The van der Waals surface area contributed by atoms with Gasteiger partial charge in [0, 0.05) is 0 Å². The molecule has 1 N–H and O–H groups in total. The minimum absolute atomic E-state index is 0.0298. The highest BCUT2D eigenvalue weighted by atomic mass is 32.2. The van der Waals surface area contributed by atoms with Gasteiger partial charge in [-0.2, -0.15) is 0 Å². The van der Waals surface area contributed by atoms with Crippen LogP contribution < -0.4 is 5.32 Å². The number of nitrogens with one attached hydrogen (secondary N) is 1. The molecule has 2 unspecified atom stereocenters. The first kappa shape index (κ1) is 19.9. The van der Waals surface area contributed by atoms with Crippen molar-refractivity contribution in [3.05, 3.63) is 59.9 Å². The van der Waals surface area contributed by atoms with Gasteiger partial charge in [-0.1, -0.05) is 36.0 Å². The van der Waals surface area contributed by atoms with Crippen LogP contribution in [0.5, 0.6) is 0 Å². The third-order valence-corrected chi connectivity index (χ3v) is 4.80. The molecule has 0 bridgehead atoms. The smallest absolute Gasteiger partial charge is 0.317 e. The molecular formula is C20H19FN2O4S. The van der Waals surface area contributed by atoms with E-state index in [1.807, 2.05) is 18.2 Å². The zero-order valence-electron chi connectivity index (χ0n) is 15.3. The van der Waals surface area contributed by atoms with Crippen LogP contribution in [0, 0.1) is 5.82 Å². The monoisotopic (exact) mass is 402 g/mol. The number of nitrogens with zero attached hydrogens (tertiary/aromatic N) is 1. The summed E-state index contributed by atoms with van der Waals surface area (Å²) in [6.07, 6.45) is -0.959. The Kier molecular flexibility index (Phi) is 6.30. The molecule has 0 aliphatic heterocycles. The third-order valence-electron chi connectivity index (χ3n) is 3.99. The van der Waals surface area contributed by atoms with Crippen LogP contribution >= 0.6 is 11.8 Å². The second-order valence-electron chi connectivity index (χ2n) is 6.15. The number of carbonyl (C=O) groups is 2. The first-order chi connectivity index (χ1) is 13.4. The summed E-state index contributed by atoms with van der Waals surface area (Å²) in [5, 5.41) is 3.10. The average molecular weight is 402 g/mol. The van der Waals surface area contributed by atoms with E-state index in [1.165, 1.54) is 19.1 Å². The SMILES string of the molecule is CC(OC(=O)CSc1nc2ccccc2o1)C(=O)NC(C)c1ccc(F)cc1. The maximum absolute atomic E-state index is 13.0. The summed E-state index contributed by atoms with van der Waals surface area (Å²) in [5.41, 5.74) is 2.10. The molecule has 28 heavy (non-hydrogen) atoms. The fourth-order valence-corrected chi connectivity index (χ4v) is 3.10. The minimum atomic E-state index is -0.959. The van der Waals surface area contributed by atoms with E-state index in [0.29, 0.717) is 16.3 Å². The Morgan fingerprint density at radius 1 is 1.18 bits per heavy atom. The lowest BCUT2D eigenvalue weighted by molar-refractivity contribution is -0.152. The lowest BCUT2D eigenvalue weighted by Crippen LogP contribution is -2.37. The number of aromatic nitrogens is 1. The van der Waals surface area contributed by atoms with Crippen LogP contribution in [0.15, 0.2) is 58.2 Å². The molecule has 0 fully saturated rings. The van der Waals surface area contributed by atoms with Gasteiger partial charge in [0.25, 0.3) is 11.1 Å². The number of halogens is 1. The van der Waals surface area contributed by atoms with E-state index in [2.05, 4.69) is 10.3 Å². The summed E-state index contributed by atoms with van der Waals surface area (Å²) >= 11 is 1.10. The molecular weight excluding hydrogens is 383 g/mol. The fourth-order valence-electron chi connectivity index (χ4n) is 2.48. The first-order valence-corrected chi connectivity index (χ1v) is 9.64. The number of fused-ring (bicyclic) bond motifs is 1. The van der Waals surface area contributed by atoms with E-state index < -0.39 is 18.0 Å². The van der Waals surface area contributed by atoms with Gasteiger partial charge < -0.3 is 14.5 Å². The molecule has 8 heteroatoms. The molecule has 0 aliphatic carbocycles. The lowest BCUT2D eigenvalue weighted by atomic mass is 10.1. The molecule has 1 aromatic heterocycles. The minimum Gasteiger partial charge on any atom is -0.452 e. The number of esters is 1. The van der Waals surface area contributed by atoms with Crippen molar-refractivity contribution in [1.82, 2.24) is 10.3 Å². The summed E-state index contributed by atoms with van der Waals surface area (Å²) in [5.74, 6) is -1.36. The molecule has 0 saturated carbocycles. The highest BCUT2D eigenvalue weighted by molar-refractivity contribution is 7.99. The summed E-state index contributed by atoms with van der Waals surface area (Å²) in [6, 6.07) is 12.8. The Morgan fingerprint density at radius 2 is 1.89 bits per heavy atom. The Balaban J connectivity index is 1.47. The maximum Gasteiger partial charge on any atom is 0.317 e. The van der Waals surface area contributed by atoms with E-state index >= 15 is 0 Å².